The average Bonchev–Trinajstić information content (AvgIpc) is 3.50. The lowest BCUT2D eigenvalue weighted by atomic mass is 10.2. The highest BCUT2D eigenvalue weighted by molar-refractivity contribution is 7.89. The number of para-hydroxylation sites is 1. The number of carbonyl (C=O) groups is 1. The monoisotopic (exact) mass is 477 g/mol. The fourth-order valence-electron chi connectivity index (χ4n) is 5.11. The molecule has 2 aliphatic rings. The van der Waals surface area contributed by atoms with Crippen LogP contribution >= 0.6 is 0 Å². The van der Waals surface area contributed by atoms with Crippen LogP contribution in [0.1, 0.15) is 23.3 Å². The van der Waals surface area contributed by atoms with Gasteiger partial charge in [-0.15, -0.1) is 0 Å². The highest BCUT2D eigenvalue weighted by Crippen LogP contribution is 2.38. The van der Waals surface area contributed by atoms with Gasteiger partial charge in [0.05, 0.1) is 22.8 Å². The van der Waals surface area contributed by atoms with Crippen molar-refractivity contribution < 1.29 is 13.2 Å². The van der Waals surface area contributed by atoms with Crippen molar-refractivity contribution in [2.45, 2.75) is 19.4 Å². The normalized spacial score (nSPS) is 17.1. The molecular formula is C25H27N5O3S. The van der Waals surface area contributed by atoms with Gasteiger partial charge in [-0.05, 0) is 43.0 Å². The van der Waals surface area contributed by atoms with Gasteiger partial charge >= 0.3 is 0 Å². The molecule has 0 spiro atoms. The second kappa shape index (κ2) is 7.87. The van der Waals surface area contributed by atoms with Crippen molar-refractivity contribution in [1.29, 1.82) is 0 Å². The molecule has 4 aromatic rings. The molecule has 2 fully saturated rings. The molecule has 6 rings (SSSR count). The topological polar surface area (TPSA) is 80.4 Å². The summed E-state index contributed by atoms with van der Waals surface area (Å²) in [4.78, 5) is 21.7. The molecule has 0 unspecified atom stereocenters. The van der Waals surface area contributed by atoms with Crippen LogP contribution in [0.3, 0.4) is 0 Å². The van der Waals surface area contributed by atoms with Gasteiger partial charge in [-0.2, -0.15) is 0 Å². The SMILES string of the molecule is CS(=O)(=O)n1c(C(=O)N2CCN(c3ccncc3)CC2)cc2c1c1ccccc1n2CC1CC1. The van der Waals surface area contributed by atoms with Crippen LogP contribution in [0, 0.1) is 5.92 Å². The smallest absolute Gasteiger partial charge is 0.271 e. The van der Waals surface area contributed by atoms with Crippen LogP contribution in [0.2, 0.25) is 0 Å². The summed E-state index contributed by atoms with van der Waals surface area (Å²) in [5, 5.41) is 0.866. The number of rotatable bonds is 5. The van der Waals surface area contributed by atoms with Crippen LogP contribution in [0.25, 0.3) is 21.9 Å². The number of pyridine rings is 1. The number of aromatic nitrogens is 3. The summed E-state index contributed by atoms with van der Waals surface area (Å²) < 4.78 is 29.5. The number of carbonyl (C=O) groups excluding carboxylic acids is 1. The van der Waals surface area contributed by atoms with Crippen molar-refractivity contribution >= 4 is 43.6 Å². The standard InChI is InChI=1S/C25H27N5O3S/c1-34(32,33)30-23(25(31)28-14-12-27(13-15-28)19-8-10-26-11-9-19)16-22-24(30)20-4-2-3-5-21(20)29(22)17-18-6-7-18/h2-5,8-11,16,18H,6-7,12-15,17H2,1H3. The zero-order chi connectivity index (χ0) is 23.4. The molecule has 1 aromatic carbocycles. The second-order valence-corrected chi connectivity index (χ2v) is 11.2. The van der Waals surface area contributed by atoms with Crippen molar-refractivity contribution in [3.05, 3.63) is 60.6 Å². The summed E-state index contributed by atoms with van der Waals surface area (Å²) in [6.45, 7) is 3.28. The van der Waals surface area contributed by atoms with E-state index in [0.717, 1.165) is 28.7 Å². The van der Waals surface area contributed by atoms with Crippen molar-refractivity contribution in [3.63, 3.8) is 0 Å². The molecule has 34 heavy (non-hydrogen) atoms. The third-order valence-electron chi connectivity index (χ3n) is 6.96. The number of piperazine rings is 1. The molecule has 1 aliphatic carbocycles. The maximum atomic E-state index is 13.7. The minimum Gasteiger partial charge on any atom is -0.368 e. The first-order chi connectivity index (χ1) is 16.4. The Morgan fingerprint density at radius 1 is 1.00 bits per heavy atom. The maximum absolute atomic E-state index is 13.7. The lowest BCUT2D eigenvalue weighted by molar-refractivity contribution is 0.0740. The number of fused-ring (bicyclic) bond motifs is 3. The van der Waals surface area contributed by atoms with Crippen LogP contribution < -0.4 is 4.90 Å². The van der Waals surface area contributed by atoms with E-state index in [2.05, 4.69) is 14.5 Å². The minimum atomic E-state index is -3.71. The van der Waals surface area contributed by atoms with E-state index in [-0.39, 0.29) is 11.6 Å². The zero-order valence-electron chi connectivity index (χ0n) is 19.1. The number of hydrogen-bond acceptors (Lipinski definition) is 5. The lowest BCUT2D eigenvalue weighted by Gasteiger charge is -2.36. The van der Waals surface area contributed by atoms with E-state index in [0.29, 0.717) is 37.6 Å². The van der Waals surface area contributed by atoms with Crippen LogP contribution in [-0.2, 0) is 16.6 Å². The Hall–Kier alpha value is -3.33. The van der Waals surface area contributed by atoms with Gasteiger partial charge in [-0.3, -0.25) is 9.78 Å². The first-order valence-corrected chi connectivity index (χ1v) is 13.5. The molecule has 0 atom stereocenters. The van der Waals surface area contributed by atoms with Gasteiger partial charge in [-0.25, -0.2) is 12.4 Å². The Kier molecular flexibility index (Phi) is 4.91. The van der Waals surface area contributed by atoms with Crippen molar-refractivity contribution in [1.82, 2.24) is 18.4 Å². The number of benzene rings is 1. The first kappa shape index (κ1) is 21.2. The molecule has 0 N–H and O–H groups in total. The molecule has 1 aliphatic heterocycles. The third-order valence-corrected chi connectivity index (χ3v) is 8.00. The van der Waals surface area contributed by atoms with Gasteiger partial charge in [0.15, 0.2) is 0 Å². The van der Waals surface area contributed by atoms with Gasteiger partial charge in [0, 0.05) is 56.2 Å². The average molecular weight is 478 g/mol. The van der Waals surface area contributed by atoms with Crippen molar-refractivity contribution in [2.75, 3.05) is 37.3 Å². The highest BCUT2D eigenvalue weighted by atomic mass is 32.2. The quantitative estimate of drug-likeness (QED) is 0.441. The maximum Gasteiger partial charge on any atom is 0.271 e. The van der Waals surface area contributed by atoms with E-state index >= 15 is 0 Å². The Bertz CT molecular complexity index is 1490. The van der Waals surface area contributed by atoms with Gasteiger partial charge in [0.25, 0.3) is 5.91 Å². The second-order valence-electron chi connectivity index (χ2n) is 9.35. The van der Waals surface area contributed by atoms with E-state index in [9.17, 15) is 13.2 Å². The fourth-order valence-corrected chi connectivity index (χ4v) is 6.12. The number of anilines is 1. The molecular weight excluding hydrogens is 450 g/mol. The molecule has 4 heterocycles. The van der Waals surface area contributed by atoms with Gasteiger partial charge < -0.3 is 14.4 Å². The van der Waals surface area contributed by atoms with Gasteiger partial charge in [-0.1, -0.05) is 18.2 Å². The van der Waals surface area contributed by atoms with Gasteiger partial charge in [0.2, 0.25) is 10.0 Å². The largest absolute Gasteiger partial charge is 0.368 e. The zero-order valence-corrected chi connectivity index (χ0v) is 19.9. The molecule has 8 nitrogen and oxygen atoms in total. The molecule has 3 aromatic heterocycles. The Morgan fingerprint density at radius 3 is 2.38 bits per heavy atom. The number of nitrogens with zero attached hydrogens (tertiary/aromatic N) is 5. The predicted octanol–water partition coefficient (Wildman–Crippen LogP) is 3.17. The lowest BCUT2D eigenvalue weighted by Crippen LogP contribution is -2.49. The van der Waals surface area contributed by atoms with Crippen LogP contribution in [0.4, 0.5) is 5.69 Å². The molecule has 1 saturated carbocycles. The molecule has 1 saturated heterocycles. The Balaban J connectivity index is 1.40. The fraction of sp³-hybridized carbons (Fsp3) is 0.360. The third kappa shape index (κ3) is 3.55. The first-order valence-electron chi connectivity index (χ1n) is 11.7. The number of hydrogen-bond donors (Lipinski definition) is 0. The van der Waals surface area contributed by atoms with E-state index < -0.39 is 10.0 Å². The highest BCUT2D eigenvalue weighted by Gasteiger charge is 2.32. The summed E-state index contributed by atoms with van der Waals surface area (Å²) >= 11 is 0. The summed E-state index contributed by atoms with van der Waals surface area (Å²) in [6.07, 6.45) is 7.08. The van der Waals surface area contributed by atoms with Crippen molar-refractivity contribution in [2.24, 2.45) is 5.92 Å². The summed E-state index contributed by atoms with van der Waals surface area (Å²) in [5.41, 5.74) is 3.74. The van der Waals surface area contributed by atoms with E-state index in [4.69, 9.17) is 0 Å². The number of amides is 1. The van der Waals surface area contributed by atoms with Crippen LogP contribution in [0.5, 0.6) is 0 Å². The summed E-state index contributed by atoms with van der Waals surface area (Å²) in [6, 6.07) is 13.6. The molecule has 9 heteroatoms. The van der Waals surface area contributed by atoms with Gasteiger partial charge in [0.1, 0.15) is 5.69 Å². The minimum absolute atomic E-state index is 0.222. The van der Waals surface area contributed by atoms with E-state index in [1.807, 2.05) is 36.4 Å². The van der Waals surface area contributed by atoms with E-state index in [1.165, 1.54) is 23.1 Å². The molecule has 176 valence electrons. The molecule has 0 radical (unpaired) electrons. The molecule has 0 bridgehead atoms. The Labute approximate surface area is 198 Å². The predicted molar refractivity (Wildman–Crippen MR) is 133 cm³/mol. The summed E-state index contributed by atoms with van der Waals surface area (Å²) in [5.74, 6) is 0.374. The van der Waals surface area contributed by atoms with Crippen molar-refractivity contribution in [3.8, 4) is 0 Å². The van der Waals surface area contributed by atoms with Crippen LogP contribution in [-0.4, -0.2) is 65.2 Å². The molecule has 1 amide bonds. The summed E-state index contributed by atoms with van der Waals surface area (Å²) in [7, 11) is -3.71. The van der Waals surface area contributed by atoms with E-state index in [1.54, 1.807) is 23.4 Å². The van der Waals surface area contributed by atoms with Crippen LogP contribution in [0.15, 0.2) is 54.9 Å². The Morgan fingerprint density at radius 2 is 1.71 bits per heavy atom.